The van der Waals surface area contributed by atoms with E-state index >= 15 is 0 Å². The fraction of sp³-hybridized carbons (Fsp3) is 0.875. The summed E-state index contributed by atoms with van der Waals surface area (Å²) < 4.78 is 0. The van der Waals surface area contributed by atoms with E-state index in [0.29, 0.717) is 11.8 Å². The molecule has 1 N–H and O–H groups in total. The van der Waals surface area contributed by atoms with Gasteiger partial charge in [0.25, 0.3) is 0 Å². The fourth-order valence-corrected chi connectivity index (χ4v) is 6.30. The lowest BCUT2D eigenvalue weighted by atomic mass is 9.46. The third-order valence-corrected chi connectivity index (χ3v) is 9.04. The van der Waals surface area contributed by atoms with E-state index in [2.05, 4.69) is 34.3 Å². The van der Waals surface area contributed by atoms with Crippen LogP contribution in [0.4, 0.5) is 0 Å². The number of carbonyl (C=O) groups is 1. The molecule has 0 amide bonds. The second-order valence-electron chi connectivity index (χ2n) is 10.7. The van der Waals surface area contributed by atoms with Crippen molar-refractivity contribution in [1.29, 1.82) is 0 Å². The fourth-order valence-electron chi connectivity index (χ4n) is 6.30. The normalized spacial score (nSPS) is 45.3. The number of rotatable bonds is 5. The zero-order chi connectivity index (χ0) is 20.7. The summed E-state index contributed by atoms with van der Waals surface area (Å²) in [5.41, 5.74) is 1.72. The van der Waals surface area contributed by atoms with Crippen molar-refractivity contribution < 1.29 is 19.7 Å². The highest BCUT2D eigenvalue weighted by Crippen LogP contribution is 2.63. The number of hydrogen-bond acceptors (Lipinski definition) is 3. The van der Waals surface area contributed by atoms with Gasteiger partial charge < -0.3 is 5.11 Å². The molecular formula is C24H40O4. The van der Waals surface area contributed by atoms with Crippen LogP contribution in [-0.4, -0.2) is 22.8 Å². The maximum Gasteiger partial charge on any atom is 0.308 e. The van der Waals surface area contributed by atoms with Gasteiger partial charge in [-0.3, -0.25) is 4.79 Å². The first-order valence-corrected chi connectivity index (χ1v) is 11.3. The average Bonchev–Trinajstić information content (AvgIpc) is 2.66. The Morgan fingerprint density at radius 2 is 1.93 bits per heavy atom. The molecular weight excluding hydrogens is 352 g/mol. The molecule has 1 saturated heterocycles. The summed E-state index contributed by atoms with van der Waals surface area (Å²) in [6, 6.07) is 0. The van der Waals surface area contributed by atoms with Crippen LogP contribution >= 0.6 is 0 Å². The number of allylic oxidation sites excluding steroid dienone is 1. The summed E-state index contributed by atoms with van der Waals surface area (Å²) in [4.78, 5) is 22.6. The second-order valence-corrected chi connectivity index (χ2v) is 10.7. The molecule has 0 spiro atoms. The van der Waals surface area contributed by atoms with Gasteiger partial charge in [0.2, 0.25) is 0 Å². The number of fused-ring (bicyclic) bond motifs is 1. The first kappa shape index (κ1) is 21.8. The molecule has 0 bridgehead atoms. The summed E-state index contributed by atoms with van der Waals surface area (Å²) in [6.07, 6.45) is 9.66. The Morgan fingerprint density at radius 1 is 1.21 bits per heavy atom. The lowest BCUT2D eigenvalue weighted by Crippen LogP contribution is -2.51. The first-order valence-electron chi connectivity index (χ1n) is 11.3. The Bertz CT molecular complexity index is 606. The molecule has 3 aliphatic rings. The van der Waals surface area contributed by atoms with E-state index in [9.17, 15) is 9.90 Å². The highest BCUT2D eigenvalue weighted by Gasteiger charge is 2.54. The third-order valence-electron chi connectivity index (χ3n) is 9.04. The van der Waals surface area contributed by atoms with Crippen molar-refractivity contribution in [3.8, 4) is 0 Å². The minimum atomic E-state index is -0.822. The molecule has 2 unspecified atom stereocenters. The molecule has 3 rings (SSSR count). The van der Waals surface area contributed by atoms with Crippen molar-refractivity contribution in [1.82, 2.24) is 0 Å². The molecule has 2 aliphatic carbocycles. The number of aliphatic carboxylic acids is 1. The Labute approximate surface area is 171 Å². The molecule has 0 aromatic rings. The van der Waals surface area contributed by atoms with Gasteiger partial charge in [-0.05, 0) is 94.3 Å². The third kappa shape index (κ3) is 3.79. The minimum Gasteiger partial charge on any atom is -0.481 e. The first-order chi connectivity index (χ1) is 13.0. The van der Waals surface area contributed by atoms with Crippen LogP contribution in [0.15, 0.2) is 12.2 Å². The monoisotopic (exact) mass is 392 g/mol. The van der Waals surface area contributed by atoms with Crippen LogP contribution in [0.2, 0.25) is 0 Å². The molecule has 4 nitrogen and oxygen atoms in total. The Hall–Kier alpha value is -0.870. The van der Waals surface area contributed by atoms with Crippen molar-refractivity contribution in [2.24, 2.45) is 28.6 Å². The standard InChI is InChI=1S/C24H40O4/c1-16-8-7-9-20-23(16,5)13-10-17(2)24(20,6)15-14-22(4)12-11-19(27-28-22)18(3)21(25)26/h17-20H,1,7-15H2,2-6H3,(H,25,26)/t17-,18-,19?,20+,22?,23+,24+/m1/s1. The topological polar surface area (TPSA) is 55.8 Å². The van der Waals surface area contributed by atoms with Gasteiger partial charge in [-0.25, -0.2) is 9.78 Å². The Balaban J connectivity index is 1.67. The van der Waals surface area contributed by atoms with Crippen LogP contribution in [0.3, 0.4) is 0 Å². The van der Waals surface area contributed by atoms with Gasteiger partial charge in [0.05, 0.1) is 5.92 Å². The predicted molar refractivity (Wildman–Crippen MR) is 111 cm³/mol. The Morgan fingerprint density at radius 3 is 2.54 bits per heavy atom. The van der Waals surface area contributed by atoms with Crippen LogP contribution in [0.25, 0.3) is 0 Å². The molecule has 7 atom stereocenters. The van der Waals surface area contributed by atoms with E-state index in [1.165, 1.54) is 37.7 Å². The SMILES string of the molecule is C=C1CCC[C@@H]2[C@@](C)(CCC3(C)CCC([C@@H](C)C(=O)O)OO3)[C@H](C)CC[C@@]12C. The average molecular weight is 393 g/mol. The van der Waals surface area contributed by atoms with Crippen molar-refractivity contribution in [2.75, 3.05) is 0 Å². The molecule has 3 fully saturated rings. The van der Waals surface area contributed by atoms with Gasteiger partial charge in [-0.1, -0.05) is 32.9 Å². The van der Waals surface area contributed by atoms with Crippen LogP contribution < -0.4 is 0 Å². The summed E-state index contributed by atoms with van der Waals surface area (Å²) in [5.74, 6) is 0.0363. The molecule has 0 aromatic heterocycles. The van der Waals surface area contributed by atoms with E-state index in [1.54, 1.807) is 6.92 Å². The lowest BCUT2D eigenvalue weighted by molar-refractivity contribution is -0.412. The van der Waals surface area contributed by atoms with Gasteiger partial charge in [0.15, 0.2) is 0 Å². The minimum absolute atomic E-state index is 0.284. The van der Waals surface area contributed by atoms with E-state index in [1.807, 2.05) is 0 Å². The van der Waals surface area contributed by atoms with Gasteiger partial charge in [-0.15, -0.1) is 0 Å². The second kappa shape index (κ2) is 7.75. The molecule has 0 aromatic carbocycles. The van der Waals surface area contributed by atoms with E-state index in [0.717, 1.165) is 25.7 Å². The predicted octanol–water partition coefficient (Wildman–Crippen LogP) is 6.16. The van der Waals surface area contributed by atoms with Crippen LogP contribution in [0.5, 0.6) is 0 Å². The lowest BCUT2D eigenvalue weighted by Gasteiger charge is -2.59. The zero-order valence-electron chi connectivity index (χ0n) is 18.6. The van der Waals surface area contributed by atoms with Crippen LogP contribution in [0.1, 0.15) is 92.4 Å². The van der Waals surface area contributed by atoms with E-state index in [4.69, 9.17) is 9.78 Å². The maximum atomic E-state index is 11.2. The van der Waals surface area contributed by atoms with Gasteiger partial charge in [0.1, 0.15) is 11.7 Å². The van der Waals surface area contributed by atoms with Gasteiger partial charge >= 0.3 is 5.97 Å². The summed E-state index contributed by atoms with van der Waals surface area (Å²) in [5, 5.41) is 9.21. The number of carboxylic acids is 1. The quantitative estimate of drug-likeness (QED) is 0.450. The highest BCUT2D eigenvalue weighted by molar-refractivity contribution is 5.70. The molecule has 160 valence electrons. The molecule has 0 radical (unpaired) electrons. The highest BCUT2D eigenvalue weighted by atomic mass is 17.2. The molecule has 2 saturated carbocycles. The summed E-state index contributed by atoms with van der Waals surface area (Å²) in [7, 11) is 0. The molecule has 28 heavy (non-hydrogen) atoms. The van der Waals surface area contributed by atoms with Crippen LogP contribution in [-0.2, 0) is 14.6 Å². The number of carboxylic acid groups (broad SMARTS) is 1. The van der Waals surface area contributed by atoms with E-state index in [-0.39, 0.29) is 22.5 Å². The molecule has 4 heteroatoms. The molecule has 1 heterocycles. The van der Waals surface area contributed by atoms with Crippen molar-refractivity contribution in [3.63, 3.8) is 0 Å². The van der Waals surface area contributed by atoms with Crippen LogP contribution in [0, 0.1) is 28.6 Å². The number of hydrogen-bond donors (Lipinski definition) is 1. The maximum absolute atomic E-state index is 11.2. The molecule has 1 aliphatic heterocycles. The smallest absolute Gasteiger partial charge is 0.308 e. The zero-order valence-corrected chi connectivity index (χ0v) is 18.6. The summed E-state index contributed by atoms with van der Waals surface area (Å²) in [6.45, 7) is 15.7. The van der Waals surface area contributed by atoms with Crippen molar-refractivity contribution in [3.05, 3.63) is 12.2 Å². The van der Waals surface area contributed by atoms with E-state index < -0.39 is 11.9 Å². The van der Waals surface area contributed by atoms with Crippen molar-refractivity contribution >= 4 is 5.97 Å². The van der Waals surface area contributed by atoms with Crippen molar-refractivity contribution in [2.45, 2.75) is 104 Å². The largest absolute Gasteiger partial charge is 0.481 e. The summed E-state index contributed by atoms with van der Waals surface area (Å²) >= 11 is 0. The van der Waals surface area contributed by atoms with Gasteiger partial charge in [-0.2, -0.15) is 0 Å². The Kier molecular flexibility index (Phi) is 6.05. The van der Waals surface area contributed by atoms with Gasteiger partial charge in [0, 0.05) is 0 Å².